The van der Waals surface area contributed by atoms with Gasteiger partial charge >= 0.3 is 5.97 Å². The van der Waals surface area contributed by atoms with Crippen LogP contribution in [0.25, 0.3) is 10.8 Å². The Bertz CT molecular complexity index is 686. The summed E-state index contributed by atoms with van der Waals surface area (Å²) in [5.74, 6) is -1.28. The summed E-state index contributed by atoms with van der Waals surface area (Å²) in [7, 11) is 0. The van der Waals surface area contributed by atoms with Gasteiger partial charge in [0.1, 0.15) is 11.3 Å². The van der Waals surface area contributed by atoms with Crippen LogP contribution in [0.15, 0.2) is 30.3 Å². The lowest BCUT2D eigenvalue weighted by molar-refractivity contribution is 0.0696. The van der Waals surface area contributed by atoms with Crippen molar-refractivity contribution in [3.63, 3.8) is 0 Å². The molecule has 0 amide bonds. The van der Waals surface area contributed by atoms with Gasteiger partial charge in [0.25, 0.3) is 0 Å². The highest BCUT2D eigenvalue weighted by Crippen LogP contribution is 2.34. The molecule has 0 unspecified atom stereocenters. The van der Waals surface area contributed by atoms with Crippen LogP contribution in [-0.2, 0) is 5.41 Å². The van der Waals surface area contributed by atoms with E-state index in [1.54, 1.807) is 6.07 Å². The van der Waals surface area contributed by atoms with Gasteiger partial charge in [0.15, 0.2) is 0 Å². The van der Waals surface area contributed by atoms with E-state index in [0.29, 0.717) is 5.39 Å². The molecular formula is C19H24O3. The number of benzene rings is 2. The van der Waals surface area contributed by atoms with Gasteiger partial charge in [-0.05, 0) is 34.2 Å². The molecule has 3 nitrogen and oxygen atoms in total. The smallest absolute Gasteiger partial charge is 0.340 e. The lowest BCUT2D eigenvalue weighted by atomic mass is 9.79. The molecule has 0 aliphatic rings. The minimum atomic E-state index is -1.10. The molecule has 22 heavy (non-hydrogen) atoms. The molecule has 0 radical (unpaired) electrons. The fourth-order valence-electron chi connectivity index (χ4n) is 2.93. The molecule has 0 bridgehead atoms. The number of carbonyl (C=O) groups is 1. The third-order valence-electron chi connectivity index (χ3n) is 4.40. The Hall–Kier alpha value is -2.03. The second-order valence-corrected chi connectivity index (χ2v) is 6.54. The van der Waals surface area contributed by atoms with Crippen molar-refractivity contribution in [1.82, 2.24) is 0 Å². The second-order valence-electron chi connectivity index (χ2n) is 6.54. The standard InChI is InChI=1S/C19H24O3/c1-4-5-6-11-19(2,3)14-8-9-15-13(12-14)7-10-16(20)17(15)18(21)22/h7-10,12,20H,4-6,11H2,1-3H3,(H,21,22). The molecule has 0 atom stereocenters. The fraction of sp³-hybridized carbons (Fsp3) is 0.421. The number of hydrogen-bond acceptors (Lipinski definition) is 2. The molecular weight excluding hydrogens is 276 g/mol. The minimum Gasteiger partial charge on any atom is -0.507 e. The molecule has 0 saturated carbocycles. The average Bonchev–Trinajstić information content (AvgIpc) is 2.46. The summed E-state index contributed by atoms with van der Waals surface area (Å²) in [6.45, 7) is 6.65. The van der Waals surface area contributed by atoms with Crippen LogP contribution in [0.3, 0.4) is 0 Å². The van der Waals surface area contributed by atoms with Crippen LogP contribution in [0.4, 0.5) is 0 Å². The Morgan fingerprint density at radius 2 is 1.86 bits per heavy atom. The van der Waals surface area contributed by atoms with Crippen molar-refractivity contribution in [3.8, 4) is 5.75 Å². The van der Waals surface area contributed by atoms with Crippen molar-refractivity contribution < 1.29 is 15.0 Å². The van der Waals surface area contributed by atoms with E-state index in [-0.39, 0.29) is 16.7 Å². The summed E-state index contributed by atoms with van der Waals surface area (Å²) < 4.78 is 0. The van der Waals surface area contributed by atoms with Crippen molar-refractivity contribution in [2.75, 3.05) is 0 Å². The van der Waals surface area contributed by atoms with E-state index in [2.05, 4.69) is 20.8 Å². The highest BCUT2D eigenvalue weighted by molar-refractivity contribution is 6.06. The summed E-state index contributed by atoms with van der Waals surface area (Å²) in [5.41, 5.74) is 1.25. The van der Waals surface area contributed by atoms with Gasteiger partial charge in [-0.1, -0.05) is 64.3 Å². The molecule has 0 saturated heterocycles. The van der Waals surface area contributed by atoms with Gasteiger partial charge in [-0.25, -0.2) is 4.79 Å². The lowest BCUT2D eigenvalue weighted by Gasteiger charge is -2.26. The highest BCUT2D eigenvalue weighted by Gasteiger charge is 2.21. The first-order chi connectivity index (χ1) is 10.4. The molecule has 0 aliphatic heterocycles. The van der Waals surface area contributed by atoms with E-state index < -0.39 is 5.97 Å². The van der Waals surface area contributed by atoms with Gasteiger partial charge in [0.2, 0.25) is 0 Å². The maximum Gasteiger partial charge on any atom is 0.340 e. The van der Waals surface area contributed by atoms with Crippen LogP contribution < -0.4 is 0 Å². The van der Waals surface area contributed by atoms with Crippen molar-refractivity contribution in [1.29, 1.82) is 0 Å². The second kappa shape index (κ2) is 6.39. The van der Waals surface area contributed by atoms with E-state index in [9.17, 15) is 15.0 Å². The summed E-state index contributed by atoms with van der Waals surface area (Å²) in [5, 5.41) is 20.5. The van der Waals surface area contributed by atoms with Crippen molar-refractivity contribution in [3.05, 3.63) is 41.5 Å². The number of carboxylic acid groups (broad SMARTS) is 1. The lowest BCUT2D eigenvalue weighted by Crippen LogP contribution is -2.17. The molecule has 118 valence electrons. The minimum absolute atomic E-state index is 0.0205. The highest BCUT2D eigenvalue weighted by atomic mass is 16.4. The van der Waals surface area contributed by atoms with Crippen LogP contribution in [0.1, 0.15) is 62.4 Å². The zero-order valence-electron chi connectivity index (χ0n) is 13.5. The van der Waals surface area contributed by atoms with Crippen LogP contribution >= 0.6 is 0 Å². The number of phenols is 1. The third kappa shape index (κ3) is 3.24. The predicted octanol–water partition coefficient (Wildman–Crippen LogP) is 5.10. The normalized spacial score (nSPS) is 11.8. The van der Waals surface area contributed by atoms with Crippen LogP contribution in [0, 0.1) is 0 Å². The molecule has 0 fully saturated rings. The Morgan fingerprint density at radius 1 is 1.14 bits per heavy atom. The van der Waals surface area contributed by atoms with Crippen molar-refractivity contribution >= 4 is 16.7 Å². The molecule has 2 N–H and O–H groups in total. The summed E-state index contributed by atoms with van der Waals surface area (Å²) in [6.07, 6.45) is 4.73. The number of rotatable bonds is 6. The molecule has 0 aliphatic carbocycles. The maximum atomic E-state index is 11.3. The fourth-order valence-corrected chi connectivity index (χ4v) is 2.93. The van der Waals surface area contributed by atoms with Gasteiger partial charge < -0.3 is 10.2 Å². The Morgan fingerprint density at radius 3 is 2.50 bits per heavy atom. The summed E-state index contributed by atoms with van der Waals surface area (Å²) in [6, 6.07) is 9.09. The van der Waals surface area contributed by atoms with Gasteiger partial charge in [-0.3, -0.25) is 0 Å². The van der Waals surface area contributed by atoms with Crippen LogP contribution in [-0.4, -0.2) is 16.2 Å². The van der Waals surface area contributed by atoms with E-state index in [4.69, 9.17) is 0 Å². The molecule has 0 spiro atoms. The first kappa shape index (κ1) is 16.3. The van der Waals surface area contributed by atoms with Crippen LogP contribution in [0.2, 0.25) is 0 Å². The number of aromatic carboxylic acids is 1. The largest absolute Gasteiger partial charge is 0.507 e. The zero-order chi connectivity index (χ0) is 16.3. The first-order valence-corrected chi connectivity index (χ1v) is 7.86. The number of fused-ring (bicyclic) bond motifs is 1. The predicted molar refractivity (Wildman–Crippen MR) is 89.7 cm³/mol. The summed E-state index contributed by atoms with van der Waals surface area (Å²) in [4.78, 5) is 11.3. The van der Waals surface area contributed by atoms with E-state index in [1.807, 2.05) is 18.2 Å². The molecule has 2 rings (SSSR count). The van der Waals surface area contributed by atoms with Crippen LogP contribution in [0.5, 0.6) is 5.75 Å². The number of unbranched alkanes of at least 4 members (excludes halogenated alkanes) is 2. The molecule has 0 aromatic heterocycles. The topological polar surface area (TPSA) is 57.5 Å². The molecule has 3 heteroatoms. The molecule has 2 aromatic carbocycles. The number of hydrogen-bond donors (Lipinski definition) is 2. The number of aromatic hydroxyl groups is 1. The van der Waals surface area contributed by atoms with Gasteiger partial charge in [0, 0.05) is 0 Å². The van der Waals surface area contributed by atoms with Crippen molar-refractivity contribution in [2.45, 2.75) is 51.9 Å². The van der Waals surface area contributed by atoms with Gasteiger partial charge in [-0.2, -0.15) is 0 Å². The Kier molecular flexibility index (Phi) is 4.74. The molecule has 0 heterocycles. The zero-order valence-corrected chi connectivity index (χ0v) is 13.5. The SMILES string of the molecule is CCCCCC(C)(C)c1ccc2c(C(=O)O)c(O)ccc2c1. The first-order valence-electron chi connectivity index (χ1n) is 7.86. The van der Waals surface area contributed by atoms with Gasteiger partial charge in [-0.15, -0.1) is 0 Å². The average molecular weight is 300 g/mol. The third-order valence-corrected chi connectivity index (χ3v) is 4.40. The monoisotopic (exact) mass is 300 g/mol. The Labute approximate surface area is 131 Å². The van der Waals surface area contributed by atoms with Crippen molar-refractivity contribution in [2.24, 2.45) is 0 Å². The number of carboxylic acids is 1. The van der Waals surface area contributed by atoms with E-state index in [1.165, 1.54) is 30.9 Å². The maximum absolute atomic E-state index is 11.3. The van der Waals surface area contributed by atoms with Gasteiger partial charge in [0.05, 0.1) is 0 Å². The molecule has 2 aromatic rings. The summed E-state index contributed by atoms with van der Waals surface area (Å²) >= 11 is 0. The van der Waals surface area contributed by atoms with E-state index >= 15 is 0 Å². The Balaban J connectivity index is 2.43. The van der Waals surface area contributed by atoms with E-state index in [0.717, 1.165) is 11.8 Å². The quantitative estimate of drug-likeness (QED) is 0.729.